The zero-order valence-corrected chi connectivity index (χ0v) is 19.0. The second-order valence-corrected chi connectivity index (χ2v) is 11.7. The van der Waals surface area contributed by atoms with Crippen LogP contribution in [0.15, 0.2) is 0 Å². The molecular weight excluding hydrogens is 372 g/mol. The Hall–Kier alpha value is -0.410. The second-order valence-electron chi connectivity index (χ2n) is 11.7. The Morgan fingerprint density at radius 3 is 2.67 bits per heavy atom. The predicted octanol–water partition coefficient (Wildman–Crippen LogP) is 5.62. The maximum absolute atomic E-state index is 12.2. The molecule has 0 aromatic heterocycles. The summed E-state index contributed by atoms with van der Waals surface area (Å²) in [7, 11) is 0. The van der Waals surface area contributed by atoms with Crippen molar-refractivity contribution in [2.75, 3.05) is 0 Å². The van der Waals surface area contributed by atoms with Crippen LogP contribution in [0.3, 0.4) is 0 Å². The quantitative estimate of drug-likeness (QED) is 0.601. The van der Waals surface area contributed by atoms with E-state index in [1.807, 2.05) is 0 Å². The van der Waals surface area contributed by atoms with Crippen molar-refractivity contribution in [1.29, 1.82) is 0 Å². The van der Waals surface area contributed by atoms with Crippen LogP contribution >= 0.6 is 0 Å². The van der Waals surface area contributed by atoms with E-state index in [9.17, 15) is 15.0 Å². The summed E-state index contributed by atoms with van der Waals surface area (Å²) in [5, 5.41) is 23.1. The lowest BCUT2D eigenvalue weighted by atomic mass is 9.43. The van der Waals surface area contributed by atoms with Gasteiger partial charge in [0.2, 0.25) is 0 Å². The molecule has 0 aromatic rings. The van der Waals surface area contributed by atoms with Crippen molar-refractivity contribution in [2.24, 2.45) is 52.2 Å². The van der Waals surface area contributed by atoms with E-state index in [2.05, 4.69) is 20.8 Å². The highest BCUT2D eigenvalue weighted by Gasteiger charge is 2.65. The number of rotatable bonds is 5. The number of aliphatic hydroxyl groups excluding tert-OH is 2. The van der Waals surface area contributed by atoms with Crippen molar-refractivity contribution in [3.05, 3.63) is 0 Å². The van der Waals surface area contributed by atoms with Crippen LogP contribution in [-0.4, -0.2) is 28.2 Å². The monoisotopic (exact) mass is 425 g/mol. The van der Waals surface area contributed by atoms with Crippen LogP contribution in [0.4, 0.5) is 0 Å². The molecular formula is C27H46O3. The summed E-state index contributed by atoms with van der Waals surface area (Å²) in [5.41, 5.74) is -0.410. The molecule has 4 aliphatic rings. The zero-order valence-electron chi connectivity index (χ0n) is 26.0. The van der Waals surface area contributed by atoms with Gasteiger partial charge in [-0.1, -0.05) is 53.7 Å². The molecule has 0 bridgehead atoms. The first kappa shape index (κ1) is 15.4. The predicted molar refractivity (Wildman–Crippen MR) is 121 cm³/mol. The van der Waals surface area contributed by atoms with E-state index in [4.69, 9.17) is 9.60 Å². The molecule has 0 radical (unpaired) electrons. The Morgan fingerprint density at radius 1 is 1.17 bits per heavy atom. The fourth-order valence-corrected chi connectivity index (χ4v) is 8.75. The highest BCUT2D eigenvalue weighted by atomic mass is 16.3. The molecule has 0 saturated heterocycles. The van der Waals surface area contributed by atoms with Gasteiger partial charge in [-0.3, -0.25) is 4.79 Å². The molecule has 1 unspecified atom stereocenters. The fraction of sp³-hybridized carbons (Fsp3) is 0.963. The maximum atomic E-state index is 12.2. The van der Waals surface area contributed by atoms with Gasteiger partial charge in [0.05, 0.1) is 12.2 Å². The van der Waals surface area contributed by atoms with E-state index in [-0.39, 0.29) is 58.5 Å². The number of hydrogen-bond donors (Lipinski definition) is 2. The number of carbonyl (C=O) groups is 1. The number of fused-ring (bicyclic) bond motifs is 5. The van der Waals surface area contributed by atoms with Crippen LogP contribution in [0.2, 0.25) is 0 Å². The SMILES string of the molecule is [2H]C([2H])([2H])C([2H])(CCC[C@@H](C)C1CC[C@H]2[C@@H]3[C@H](O)C[C@@H]4CC(=O)CC[C@]4(C)[C@H]3C[C@H](O)[C@]12C)C([2H])([2H])[2H]. The summed E-state index contributed by atoms with van der Waals surface area (Å²) >= 11 is 0. The highest BCUT2D eigenvalue weighted by molar-refractivity contribution is 5.79. The van der Waals surface area contributed by atoms with Crippen molar-refractivity contribution in [3.63, 3.8) is 0 Å². The van der Waals surface area contributed by atoms with Crippen LogP contribution in [0.5, 0.6) is 0 Å². The number of aliphatic hydroxyl groups is 2. The molecule has 3 nitrogen and oxygen atoms in total. The smallest absolute Gasteiger partial charge is 0.133 e. The standard InChI is InChI=1S/C27H46O3/c1-16(2)7-6-8-17(3)20-9-10-21-25-22(15-24(30)27(20,21)5)26(4)12-11-19(28)13-18(26)14-23(25)29/h16-18,20-25,29-30H,6-15H2,1-5H3/t17-,18+,20?,21+,22+,23-,24+,25+,26+,27-/m1/s1/i1D3,2D3,16D. The third-order valence-corrected chi connectivity index (χ3v) is 10.5. The Kier molecular flexibility index (Phi) is 4.21. The van der Waals surface area contributed by atoms with Gasteiger partial charge in [-0.25, -0.2) is 0 Å². The first-order valence-corrected chi connectivity index (χ1v) is 12.3. The van der Waals surface area contributed by atoms with Crippen LogP contribution in [0.25, 0.3) is 0 Å². The molecule has 4 fully saturated rings. The van der Waals surface area contributed by atoms with E-state index in [0.29, 0.717) is 38.5 Å². The van der Waals surface area contributed by atoms with E-state index >= 15 is 0 Å². The fourth-order valence-electron chi connectivity index (χ4n) is 8.75. The van der Waals surface area contributed by atoms with Crippen molar-refractivity contribution in [2.45, 2.75) is 111 Å². The lowest BCUT2D eigenvalue weighted by Crippen LogP contribution is -2.62. The van der Waals surface area contributed by atoms with Crippen molar-refractivity contribution < 1.29 is 24.6 Å². The Labute approximate surface area is 194 Å². The third-order valence-electron chi connectivity index (χ3n) is 10.5. The summed E-state index contributed by atoms with van der Waals surface area (Å²) in [6.07, 6.45) is 4.82. The first-order valence-electron chi connectivity index (χ1n) is 15.8. The van der Waals surface area contributed by atoms with Gasteiger partial charge in [0.25, 0.3) is 0 Å². The summed E-state index contributed by atoms with van der Waals surface area (Å²) in [6.45, 7) is 0.762. The van der Waals surface area contributed by atoms with E-state index < -0.39 is 31.8 Å². The van der Waals surface area contributed by atoms with Gasteiger partial charge in [0, 0.05) is 22.4 Å². The van der Waals surface area contributed by atoms with Crippen molar-refractivity contribution in [3.8, 4) is 0 Å². The minimum Gasteiger partial charge on any atom is -0.393 e. The van der Waals surface area contributed by atoms with E-state index in [1.54, 1.807) is 0 Å². The van der Waals surface area contributed by atoms with Gasteiger partial charge in [0.1, 0.15) is 5.78 Å². The van der Waals surface area contributed by atoms with Gasteiger partial charge < -0.3 is 10.2 Å². The molecule has 0 amide bonds. The van der Waals surface area contributed by atoms with Crippen LogP contribution in [0, 0.1) is 52.2 Å². The van der Waals surface area contributed by atoms with Crippen molar-refractivity contribution >= 4 is 5.78 Å². The van der Waals surface area contributed by atoms with Crippen LogP contribution < -0.4 is 0 Å². The molecule has 0 heterocycles. The normalized spacial score (nSPS) is 54.1. The zero-order chi connectivity index (χ0) is 27.8. The van der Waals surface area contributed by atoms with Gasteiger partial charge >= 0.3 is 0 Å². The summed E-state index contributed by atoms with van der Waals surface area (Å²) in [4.78, 5) is 12.2. The first-order chi connectivity index (χ1) is 16.9. The second kappa shape index (κ2) is 8.18. The molecule has 0 spiro atoms. The third kappa shape index (κ3) is 3.51. The van der Waals surface area contributed by atoms with Crippen LogP contribution in [0.1, 0.15) is 108 Å². The Bertz CT molecular complexity index is 859. The van der Waals surface area contributed by atoms with Gasteiger partial charge in [-0.05, 0) is 84.3 Å². The van der Waals surface area contributed by atoms with Crippen LogP contribution in [-0.2, 0) is 4.79 Å². The maximum Gasteiger partial charge on any atom is 0.133 e. The lowest BCUT2D eigenvalue weighted by molar-refractivity contribution is -0.201. The van der Waals surface area contributed by atoms with Gasteiger partial charge in [-0.15, -0.1) is 0 Å². The largest absolute Gasteiger partial charge is 0.393 e. The molecule has 3 heteroatoms. The molecule has 30 heavy (non-hydrogen) atoms. The summed E-state index contributed by atoms with van der Waals surface area (Å²) in [5.74, 6) is -1.23. The molecule has 4 saturated carbocycles. The van der Waals surface area contributed by atoms with Crippen molar-refractivity contribution in [1.82, 2.24) is 0 Å². The van der Waals surface area contributed by atoms with Gasteiger partial charge in [0.15, 0.2) is 0 Å². The molecule has 4 aliphatic carbocycles. The minimum absolute atomic E-state index is 0.0359. The van der Waals surface area contributed by atoms with Gasteiger partial charge in [-0.2, -0.15) is 0 Å². The van der Waals surface area contributed by atoms with E-state index in [1.165, 1.54) is 0 Å². The Balaban J connectivity index is 1.50. The molecule has 0 aromatic carbocycles. The number of Topliss-reactive ketones (excluding diaryl/α,β-unsaturated/α-hetero) is 1. The molecule has 0 aliphatic heterocycles. The van der Waals surface area contributed by atoms with E-state index in [0.717, 1.165) is 19.3 Å². The number of ketones is 1. The number of carbonyl (C=O) groups excluding carboxylic acids is 1. The number of hydrogen-bond acceptors (Lipinski definition) is 3. The lowest BCUT2D eigenvalue weighted by Gasteiger charge is -2.63. The Morgan fingerprint density at radius 2 is 1.93 bits per heavy atom. The average Bonchev–Trinajstić information content (AvgIpc) is 3.12. The highest BCUT2D eigenvalue weighted by Crippen LogP contribution is 2.68. The summed E-state index contributed by atoms with van der Waals surface area (Å²) < 4.78 is 54.4. The molecule has 172 valence electrons. The average molecular weight is 426 g/mol. The molecule has 2 N–H and O–H groups in total. The molecule has 4 rings (SSSR count). The summed E-state index contributed by atoms with van der Waals surface area (Å²) in [6, 6.07) is 0. The molecule has 10 atom stereocenters. The minimum atomic E-state index is -2.89. The topological polar surface area (TPSA) is 57.5 Å².